The summed E-state index contributed by atoms with van der Waals surface area (Å²) in [6, 6.07) is 10.9. The van der Waals surface area contributed by atoms with E-state index >= 15 is 0 Å². The van der Waals surface area contributed by atoms with Crippen LogP contribution in [0.25, 0.3) is 0 Å². The van der Waals surface area contributed by atoms with Crippen LogP contribution in [0.5, 0.6) is 0 Å². The Morgan fingerprint density at radius 3 is 2.63 bits per heavy atom. The molecule has 1 aliphatic heterocycles. The first-order valence-electron chi connectivity index (χ1n) is 9.24. The standard InChI is InChI=1S/C20H26N2O4S/c1-16-3-6-18(7-4-16)27(24)15-17-5-8-19(26-17)20(23)21-9-2-10-22-11-13-25-14-12-22/h3-8H,2,9-15H2,1H3,(H,21,23)/t27-/m1/s1. The Labute approximate surface area is 162 Å². The van der Waals surface area contributed by atoms with Crippen molar-refractivity contribution in [2.24, 2.45) is 0 Å². The van der Waals surface area contributed by atoms with Crippen LogP contribution >= 0.6 is 0 Å². The number of nitrogens with zero attached hydrogens (tertiary/aromatic N) is 1. The van der Waals surface area contributed by atoms with Crippen LogP contribution in [0.15, 0.2) is 45.7 Å². The van der Waals surface area contributed by atoms with Crippen molar-refractivity contribution in [2.75, 3.05) is 39.4 Å². The molecule has 1 saturated heterocycles. The van der Waals surface area contributed by atoms with Crippen molar-refractivity contribution < 1.29 is 18.2 Å². The van der Waals surface area contributed by atoms with Crippen LogP contribution in [-0.2, 0) is 21.3 Å². The Morgan fingerprint density at radius 1 is 1.15 bits per heavy atom. The quantitative estimate of drug-likeness (QED) is 0.701. The van der Waals surface area contributed by atoms with Crippen LogP contribution in [0.3, 0.4) is 0 Å². The molecule has 0 bridgehead atoms. The van der Waals surface area contributed by atoms with E-state index in [-0.39, 0.29) is 17.4 Å². The molecule has 2 aromatic rings. The molecular formula is C20H26N2O4S. The normalized spacial score (nSPS) is 16.2. The van der Waals surface area contributed by atoms with Gasteiger partial charge in [-0.25, -0.2) is 0 Å². The van der Waals surface area contributed by atoms with Crippen molar-refractivity contribution in [3.63, 3.8) is 0 Å². The van der Waals surface area contributed by atoms with Crippen molar-refractivity contribution >= 4 is 16.7 Å². The molecule has 6 nitrogen and oxygen atoms in total. The largest absolute Gasteiger partial charge is 0.455 e. The Bertz CT molecular complexity index is 767. The first-order valence-corrected chi connectivity index (χ1v) is 10.6. The molecule has 1 aromatic carbocycles. The van der Waals surface area contributed by atoms with Gasteiger partial charge in [-0.05, 0) is 44.2 Å². The zero-order valence-corrected chi connectivity index (χ0v) is 16.4. The van der Waals surface area contributed by atoms with E-state index in [0.29, 0.717) is 12.3 Å². The van der Waals surface area contributed by atoms with Crippen molar-refractivity contribution in [3.8, 4) is 0 Å². The molecule has 0 saturated carbocycles. The second-order valence-corrected chi connectivity index (χ2v) is 8.08. The maximum Gasteiger partial charge on any atom is 0.286 e. The van der Waals surface area contributed by atoms with Crippen molar-refractivity contribution in [1.29, 1.82) is 0 Å². The number of benzene rings is 1. The molecule has 1 N–H and O–H groups in total. The number of rotatable bonds is 8. The number of morpholine rings is 1. The molecule has 1 amide bonds. The van der Waals surface area contributed by atoms with E-state index in [1.165, 1.54) is 0 Å². The highest BCUT2D eigenvalue weighted by Crippen LogP contribution is 2.15. The van der Waals surface area contributed by atoms with Crippen LogP contribution in [0.1, 0.15) is 28.3 Å². The summed E-state index contributed by atoms with van der Waals surface area (Å²) in [6.07, 6.45) is 0.886. The Morgan fingerprint density at radius 2 is 1.89 bits per heavy atom. The minimum Gasteiger partial charge on any atom is -0.455 e. The van der Waals surface area contributed by atoms with E-state index in [1.54, 1.807) is 12.1 Å². The minimum absolute atomic E-state index is 0.232. The third-order valence-corrected chi connectivity index (χ3v) is 5.83. The Kier molecular flexibility index (Phi) is 7.20. The van der Waals surface area contributed by atoms with E-state index in [1.807, 2.05) is 31.2 Å². The summed E-state index contributed by atoms with van der Waals surface area (Å²) in [6.45, 7) is 7.01. The third kappa shape index (κ3) is 6.02. The number of carbonyl (C=O) groups is 1. The van der Waals surface area contributed by atoms with E-state index < -0.39 is 10.8 Å². The lowest BCUT2D eigenvalue weighted by molar-refractivity contribution is 0.0374. The summed E-state index contributed by atoms with van der Waals surface area (Å²) in [5.74, 6) is 0.835. The van der Waals surface area contributed by atoms with E-state index in [0.717, 1.165) is 49.7 Å². The number of furan rings is 1. The van der Waals surface area contributed by atoms with Crippen LogP contribution in [0.4, 0.5) is 0 Å². The smallest absolute Gasteiger partial charge is 0.286 e. The van der Waals surface area contributed by atoms with Gasteiger partial charge in [0.25, 0.3) is 5.91 Å². The molecule has 1 aromatic heterocycles. The predicted molar refractivity (Wildman–Crippen MR) is 104 cm³/mol. The van der Waals surface area contributed by atoms with Crippen LogP contribution in [0, 0.1) is 6.92 Å². The zero-order valence-electron chi connectivity index (χ0n) is 15.6. The lowest BCUT2D eigenvalue weighted by Gasteiger charge is -2.26. The summed E-state index contributed by atoms with van der Waals surface area (Å²) in [7, 11) is -1.19. The second-order valence-electron chi connectivity index (χ2n) is 6.63. The van der Waals surface area contributed by atoms with Gasteiger partial charge in [-0.2, -0.15) is 0 Å². The fourth-order valence-corrected chi connectivity index (χ4v) is 3.92. The lowest BCUT2D eigenvalue weighted by Crippen LogP contribution is -2.38. The summed E-state index contributed by atoms with van der Waals surface area (Å²) >= 11 is 0. The number of aryl methyl sites for hydroxylation is 1. The van der Waals surface area contributed by atoms with Crippen molar-refractivity contribution in [2.45, 2.75) is 24.0 Å². The first-order chi connectivity index (χ1) is 13.1. The molecule has 1 fully saturated rings. The molecule has 0 radical (unpaired) electrons. The highest BCUT2D eigenvalue weighted by Gasteiger charge is 2.14. The maximum absolute atomic E-state index is 12.4. The highest BCUT2D eigenvalue weighted by molar-refractivity contribution is 7.84. The fourth-order valence-electron chi connectivity index (χ4n) is 2.90. The highest BCUT2D eigenvalue weighted by atomic mass is 32.2. The van der Waals surface area contributed by atoms with Gasteiger partial charge in [0.05, 0.1) is 29.8 Å². The number of ether oxygens (including phenoxy) is 1. The van der Waals surface area contributed by atoms with Gasteiger partial charge in [-0.3, -0.25) is 13.9 Å². The van der Waals surface area contributed by atoms with Gasteiger partial charge in [-0.1, -0.05) is 17.7 Å². The molecule has 0 spiro atoms. The van der Waals surface area contributed by atoms with Crippen molar-refractivity contribution in [1.82, 2.24) is 10.2 Å². The minimum atomic E-state index is -1.19. The Hall–Kier alpha value is -1.96. The molecule has 146 valence electrons. The fraction of sp³-hybridized carbons (Fsp3) is 0.450. The average molecular weight is 391 g/mol. The summed E-state index contributed by atoms with van der Waals surface area (Å²) in [5.41, 5.74) is 1.13. The van der Waals surface area contributed by atoms with Crippen LogP contribution in [-0.4, -0.2) is 54.4 Å². The lowest BCUT2D eigenvalue weighted by atomic mass is 10.2. The monoisotopic (exact) mass is 390 g/mol. The predicted octanol–water partition coefficient (Wildman–Crippen LogP) is 2.35. The van der Waals surface area contributed by atoms with E-state index in [4.69, 9.17) is 9.15 Å². The van der Waals surface area contributed by atoms with Crippen molar-refractivity contribution in [3.05, 3.63) is 53.5 Å². The SMILES string of the molecule is Cc1ccc([S@](=O)Cc2ccc(C(=O)NCCCN3CCOCC3)o2)cc1. The summed E-state index contributed by atoms with van der Waals surface area (Å²) < 4.78 is 23.3. The molecule has 1 aliphatic rings. The molecule has 7 heteroatoms. The molecular weight excluding hydrogens is 364 g/mol. The molecule has 27 heavy (non-hydrogen) atoms. The van der Waals surface area contributed by atoms with Crippen LogP contribution < -0.4 is 5.32 Å². The van der Waals surface area contributed by atoms with Gasteiger partial charge < -0.3 is 14.5 Å². The summed E-state index contributed by atoms with van der Waals surface area (Å²) in [5, 5.41) is 2.88. The van der Waals surface area contributed by atoms with Gasteiger partial charge in [-0.15, -0.1) is 0 Å². The first kappa shape index (κ1) is 19.8. The summed E-state index contributed by atoms with van der Waals surface area (Å²) in [4.78, 5) is 15.3. The van der Waals surface area contributed by atoms with E-state index in [9.17, 15) is 9.00 Å². The van der Waals surface area contributed by atoms with Gasteiger partial charge in [0.2, 0.25) is 0 Å². The number of carbonyl (C=O) groups excluding carboxylic acids is 1. The maximum atomic E-state index is 12.4. The molecule has 0 unspecified atom stereocenters. The Balaban J connectivity index is 1.43. The van der Waals surface area contributed by atoms with Gasteiger partial charge in [0.1, 0.15) is 5.76 Å². The van der Waals surface area contributed by atoms with Crippen LogP contribution in [0.2, 0.25) is 0 Å². The topological polar surface area (TPSA) is 71.8 Å². The van der Waals surface area contributed by atoms with Gasteiger partial charge >= 0.3 is 0 Å². The third-order valence-electron chi connectivity index (χ3n) is 4.48. The average Bonchev–Trinajstić information content (AvgIpc) is 3.15. The number of nitrogens with one attached hydrogen (secondary N) is 1. The number of hydrogen-bond acceptors (Lipinski definition) is 5. The van der Waals surface area contributed by atoms with E-state index in [2.05, 4.69) is 10.2 Å². The molecule has 0 aliphatic carbocycles. The molecule has 2 heterocycles. The number of hydrogen-bond donors (Lipinski definition) is 1. The molecule has 1 atom stereocenters. The second kappa shape index (κ2) is 9.82. The van der Waals surface area contributed by atoms with Gasteiger partial charge in [0.15, 0.2) is 5.76 Å². The molecule has 3 rings (SSSR count). The zero-order chi connectivity index (χ0) is 19.1. The van der Waals surface area contributed by atoms with Gasteiger partial charge in [0, 0.05) is 24.5 Å². The number of amides is 1.